The summed E-state index contributed by atoms with van der Waals surface area (Å²) in [5, 5.41) is 14.4. The number of thiophene rings is 1. The first-order valence-electron chi connectivity index (χ1n) is 23.8. The fraction of sp³-hybridized carbons (Fsp3) is 0.471. The number of aromatic nitrogens is 3. The van der Waals surface area contributed by atoms with Gasteiger partial charge < -0.3 is 36.0 Å². The molecule has 4 aromatic rings. The molecular weight excluding hydrogens is 1010 g/mol. The first-order chi connectivity index (χ1) is 32.8. The molecule has 3 saturated heterocycles. The van der Waals surface area contributed by atoms with Gasteiger partial charge in [0.1, 0.15) is 17.5 Å². The number of likely N-dealkylation sites (tertiary alicyclic amines) is 2. The van der Waals surface area contributed by atoms with Crippen molar-refractivity contribution in [1.82, 2.24) is 35.0 Å². The number of carbonyl (C=O) groups excluding carboxylic acids is 4. The molecule has 14 nitrogen and oxygen atoms in total. The van der Waals surface area contributed by atoms with Gasteiger partial charge in [0.2, 0.25) is 23.6 Å². The highest BCUT2D eigenvalue weighted by molar-refractivity contribution is 9.10. The largest absolute Gasteiger partial charge is 0.335 e. The fourth-order valence-electron chi connectivity index (χ4n) is 10.6. The highest BCUT2D eigenvalue weighted by Crippen LogP contribution is 2.43. The maximum absolute atomic E-state index is 12.8. The van der Waals surface area contributed by atoms with Gasteiger partial charge in [-0.3, -0.25) is 19.2 Å². The molecule has 0 saturated carbocycles. The van der Waals surface area contributed by atoms with E-state index in [9.17, 15) is 19.2 Å². The quantitative estimate of drug-likeness (QED) is 0.119. The van der Waals surface area contributed by atoms with Crippen LogP contribution in [0.5, 0.6) is 0 Å². The number of nitrogens with one attached hydrogen (secondary N) is 4. The number of hydrogen-bond acceptors (Lipinski definition) is 11. The van der Waals surface area contributed by atoms with E-state index < -0.39 is 0 Å². The highest BCUT2D eigenvalue weighted by Gasteiger charge is 2.46. The summed E-state index contributed by atoms with van der Waals surface area (Å²) in [4.78, 5) is 70.9. The lowest BCUT2D eigenvalue weighted by molar-refractivity contribution is -0.129. The summed E-state index contributed by atoms with van der Waals surface area (Å²) in [5.74, 6) is 2.53. The van der Waals surface area contributed by atoms with Crippen LogP contribution >= 0.6 is 43.2 Å². The predicted molar refractivity (Wildman–Crippen MR) is 274 cm³/mol. The minimum atomic E-state index is -0.333. The van der Waals surface area contributed by atoms with Gasteiger partial charge in [0.05, 0.1) is 16.2 Å². The van der Waals surface area contributed by atoms with Crippen LogP contribution in [0.2, 0.25) is 0 Å². The molecule has 7 aliphatic rings. The van der Waals surface area contributed by atoms with Crippen molar-refractivity contribution in [3.8, 4) is 0 Å². The van der Waals surface area contributed by atoms with Crippen LogP contribution in [-0.4, -0.2) is 120 Å². The van der Waals surface area contributed by atoms with Gasteiger partial charge in [0, 0.05) is 58.0 Å². The lowest BCUT2D eigenvalue weighted by Crippen LogP contribution is -2.49. The third kappa shape index (κ3) is 10.9. The van der Waals surface area contributed by atoms with Crippen LogP contribution in [0.15, 0.2) is 81.0 Å². The fourth-order valence-corrected chi connectivity index (χ4v) is 12.1. The molecule has 3 spiro atoms. The summed E-state index contributed by atoms with van der Waals surface area (Å²) in [6.07, 6.45) is 20.5. The maximum Gasteiger partial charge on any atom is 0.246 e. The Kier molecular flexibility index (Phi) is 14.8. The van der Waals surface area contributed by atoms with Crippen molar-refractivity contribution in [3.05, 3.63) is 108 Å². The zero-order valence-corrected chi connectivity index (χ0v) is 42.8. The average molecular weight is 1070 g/mol. The SMILES string of the molecule is CN1CCC2(CC1)Cc1cc(/C=C/C(=O)N3CC=C(Cc4cccs4)CC3)cnc1NC2=O.CN1CCC2(CC1)Cc1cc(Br)cnc1NC2=O.O=C1Nc2ncc(Br)cc2CC12CCNCC2. The minimum Gasteiger partial charge on any atom is -0.335 e. The van der Waals surface area contributed by atoms with Gasteiger partial charge >= 0.3 is 0 Å². The molecular formula is C51H60Br2N10O4S. The van der Waals surface area contributed by atoms with E-state index in [-0.39, 0.29) is 39.9 Å². The van der Waals surface area contributed by atoms with E-state index >= 15 is 0 Å². The summed E-state index contributed by atoms with van der Waals surface area (Å²) in [6, 6.07) is 10.5. The summed E-state index contributed by atoms with van der Waals surface area (Å²) in [6.45, 7) is 7.11. The van der Waals surface area contributed by atoms with Gasteiger partial charge in [-0.25, -0.2) is 15.0 Å². The molecule has 0 bridgehead atoms. The van der Waals surface area contributed by atoms with Gasteiger partial charge in [-0.1, -0.05) is 17.7 Å². The van der Waals surface area contributed by atoms with Gasteiger partial charge in [-0.15, -0.1) is 11.3 Å². The van der Waals surface area contributed by atoms with Crippen LogP contribution in [0, 0.1) is 16.2 Å². The molecule has 4 N–H and O–H groups in total. The highest BCUT2D eigenvalue weighted by atomic mass is 79.9. The Hall–Kier alpha value is -4.65. The van der Waals surface area contributed by atoms with Crippen LogP contribution < -0.4 is 21.3 Å². The predicted octanol–water partition coefficient (Wildman–Crippen LogP) is 7.52. The monoisotopic (exact) mass is 1070 g/mol. The summed E-state index contributed by atoms with van der Waals surface area (Å²) in [5.41, 5.74) is 4.88. The smallest absolute Gasteiger partial charge is 0.246 e. The number of hydrogen-bond donors (Lipinski definition) is 4. The standard InChI is InChI=1S/C26H30N4O2S.C13H16BrN3O.C12H14BrN3O/c1-29-12-8-26(9-13-29)17-21-15-20(18-27-24(21)28-25(26)32)4-5-23(31)30-10-6-19(7-11-30)16-22-3-2-14-33-22;1-17-4-2-13(3-5-17)7-9-6-10(14)8-15-11(9)16-12(13)18;13-9-5-8-6-12(1-3-14-4-2-12)11(17)16-10(8)15-7-9/h2-6,14-15,18H,7-13,16-17H2,1H3,(H,27,28,32);6,8H,2-5,7H2,1H3,(H,15,16,18);5,7,14H,1-4,6H2,(H,15,16,17)/b5-4+;;. The molecule has 0 atom stereocenters. The van der Waals surface area contributed by atoms with E-state index in [0.717, 1.165) is 153 Å². The van der Waals surface area contributed by atoms with Gasteiger partial charge in [0.15, 0.2) is 0 Å². The Morgan fingerprint density at radius 2 is 1.21 bits per heavy atom. The van der Waals surface area contributed by atoms with Crippen molar-refractivity contribution < 1.29 is 19.2 Å². The van der Waals surface area contributed by atoms with E-state index in [2.05, 4.69) is 134 Å². The number of rotatable bonds is 4. The molecule has 0 radical (unpaired) electrons. The second-order valence-electron chi connectivity index (χ2n) is 19.7. The van der Waals surface area contributed by atoms with Crippen molar-refractivity contribution in [3.63, 3.8) is 0 Å². The topological polar surface area (TPSA) is 165 Å². The zero-order valence-electron chi connectivity index (χ0n) is 38.8. The van der Waals surface area contributed by atoms with Crippen LogP contribution in [-0.2, 0) is 44.9 Å². The zero-order chi connectivity index (χ0) is 47.5. The van der Waals surface area contributed by atoms with Crippen molar-refractivity contribution in [2.45, 2.75) is 70.6 Å². The van der Waals surface area contributed by atoms with Crippen molar-refractivity contribution in [2.75, 3.05) is 82.4 Å². The second kappa shape index (κ2) is 20.7. The Morgan fingerprint density at radius 3 is 1.69 bits per heavy atom. The average Bonchev–Trinajstić information content (AvgIpc) is 3.86. The van der Waals surface area contributed by atoms with Gasteiger partial charge in [-0.05, 0) is 207 Å². The molecule has 3 fully saturated rings. The van der Waals surface area contributed by atoms with Gasteiger partial charge in [0.25, 0.3) is 0 Å². The van der Waals surface area contributed by atoms with Crippen LogP contribution in [0.3, 0.4) is 0 Å². The number of carbonyl (C=O) groups is 4. The third-order valence-electron chi connectivity index (χ3n) is 15.0. The van der Waals surface area contributed by atoms with E-state index in [4.69, 9.17) is 0 Å². The molecule has 4 aromatic heterocycles. The summed E-state index contributed by atoms with van der Waals surface area (Å²) in [7, 11) is 4.21. The van der Waals surface area contributed by atoms with E-state index in [1.807, 2.05) is 11.0 Å². The Balaban J connectivity index is 0.000000139. The molecule has 68 heavy (non-hydrogen) atoms. The van der Waals surface area contributed by atoms with Crippen molar-refractivity contribution in [1.29, 1.82) is 0 Å². The molecule has 17 heteroatoms. The number of anilines is 3. The molecule has 0 unspecified atom stereocenters. The first kappa shape index (κ1) is 48.4. The Labute approximate surface area is 419 Å². The van der Waals surface area contributed by atoms with E-state index in [1.54, 1.807) is 36.0 Å². The summed E-state index contributed by atoms with van der Waals surface area (Å²) >= 11 is 8.66. The number of amides is 4. The second-order valence-corrected chi connectivity index (χ2v) is 22.5. The molecule has 11 rings (SSSR count). The third-order valence-corrected chi connectivity index (χ3v) is 16.8. The molecule has 0 aromatic carbocycles. The molecule has 0 aliphatic carbocycles. The lowest BCUT2D eigenvalue weighted by Gasteiger charge is -2.42. The van der Waals surface area contributed by atoms with E-state index in [0.29, 0.717) is 18.8 Å². The Morgan fingerprint density at radius 1 is 0.706 bits per heavy atom. The normalized spacial score (nSPS) is 21.5. The number of piperidine rings is 3. The maximum atomic E-state index is 12.8. The number of pyridine rings is 3. The van der Waals surface area contributed by atoms with Crippen LogP contribution in [0.25, 0.3) is 6.08 Å². The van der Waals surface area contributed by atoms with Crippen molar-refractivity contribution >= 4 is 90.4 Å². The van der Waals surface area contributed by atoms with Gasteiger partial charge in [-0.2, -0.15) is 0 Å². The number of fused-ring (bicyclic) bond motifs is 3. The van der Waals surface area contributed by atoms with Crippen LogP contribution in [0.1, 0.15) is 72.1 Å². The molecule has 11 heterocycles. The summed E-state index contributed by atoms with van der Waals surface area (Å²) < 4.78 is 1.94. The van der Waals surface area contributed by atoms with Crippen molar-refractivity contribution in [2.24, 2.45) is 16.2 Å². The van der Waals surface area contributed by atoms with E-state index in [1.165, 1.54) is 10.5 Å². The van der Waals surface area contributed by atoms with Crippen LogP contribution in [0.4, 0.5) is 17.5 Å². The molecule has 7 aliphatic heterocycles. The minimum absolute atomic E-state index is 0.0271. The Bertz CT molecular complexity index is 2600. The number of nitrogens with zero attached hydrogens (tertiary/aromatic N) is 6. The molecule has 358 valence electrons. The first-order valence-corrected chi connectivity index (χ1v) is 26.2. The lowest BCUT2D eigenvalue weighted by atomic mass is 9.71. The molecule has 4 amide bonds. The number of halogens is 2.